The van der Waals surface area contributed by atoms with E-state index in [1.54, 1.807) is 0 Å². The van der Waals surface area contributed by atoms with E-state index in [9.17, 15) is 0 Å². The van der Waals surface area contributed by atoms with Crippen molar-refractivity contribution in [3.05, 3.63) is 36.7 Å². The summed E-state index contributed by atoms with van der Waals surface area (Å²) in [7, 11) is 0. The number of fused-ring (bicyclic) bond motifs is 1. The van der Waals surface area contributed by atoms with Crippen LogP contribution in [0.4, 0.5) is 0 Å². The average molecular weight is 299 g/mol. The molecule has 110 valence electrons. The average Bonchev–Trinajstić information content (AvgIpc) is 3.34. The van der Waals surface area contributed by atoms with Gasteiger partial charge in [0, 0.05) is 41.8 Å². The monoisotopic (exact) mass is 299 g/mol. The lowest BCUT2D eigenvalue weighted by Gasteiger charge is -2.28. The van der Waals surface area contributed by atoms with Crippen LogP contribution in [0.3, 0.4) is 0 Å². The van der Waals surface area contributed by atoms with Crippen LogP contribution in [0.25, 0.3) is 10.8 Å². The van der Waals surface area contributed by atoms with Crippen LogP contribution >= 0.6 is 11.9 Å². The van der Waals surface area contributed by atoms with E-state index in [1.807, 2.05) is 24.3 Å². The first kappa shape index (κ1) is 13.6. The largest absolute Gasteiger partial charge is 0.315 e. The predicted octanol–water partition coefficient (Wildman–Crippen LogP) is 3.32. The minimum Gasteiger partial charge on any atom is -0.315 e. The molecule has 1 N–H and O–H groups in total. The number of hydrogen-bond acceptors (Lipinski definition) is 4. The summed E-state index contributed by atoms with van der Waals surface area (Å²) in [5.41, 5.74) is 0. The van der Waals surface area contributed by atoms with Gasteiger partial charge in [0.15, 0.2) is 0 Å². The number of nitrogens with zero attached hydrogens (tertiary/aromatic N) is 2. The van der Waals surface area contributed by atoms with Crippen LogP contribution < -0.4 is 5.32 Å². The molecule has 1 aromatic carbocycles. The summed E-state index contributed by atoms with van der Waals surface area (Å²) in [6.07, 6.45) is 7.91. The lowest BCUT2D eigenvalue weighted by Crippen LogP contribution is -2.37. The minimum absolute atomic E-state index is 0.689. The summed E-state index contributed by atoms with van der Waals surface area (Å²) >= 11 is 1.95. The van der Waals surface area contributed by atoms with Crippen molar-refractivity contribution in [3.63, 3.8) is 0 Å². The van der Waals surface area contributed by atoms with Gasteiger partial charge in [-0.2, -0.15) is 0 Å². The van der Waals surface area contributed by atoms with E-state index in [4.69, 9.17) is 0 Å². The minimum atomic E-state index is 0.689. The van der Waals surface area contributed by atoms with Crippen LogP contribution in [0.5, 0.6) is 0 Å². The quantitative estimate of drug-likeness (QED) is 0.880. The highest BCUT2D eigenvalue weighted by Crippen LogP contribution is 2.40. The highest BCUT2D eigenvalue weighted by atomic mass is 32.2. The molecule has 4 rings (SSSR count). The summed E-state index contributed by atoms with van der Waals surface area (Å²) < 4.78 is 2.63. The molecule has 1 atom stereocenters. The first-order valence-corrected chi connectivity index (χ1v) is 8.67. The molecule has 0 amide bonds. The van der Waals surface area contributed by atoms with Gasteiger partial charge in [-0.25, -0.2) is 4.31 Å². The normalized spacial score (nSPS) is 24.1. The molecule has 1 aliphatic carbocycles. The number of benzene rings is 1. The van der Waals surface area contributed by atoms with Gasteiger partial charge < -0.3 is 5.32 Å². The second-order valence-electron chi connectivity index (χ2n) is 6.05. The Hall–Kier alpha value is -1.10. The second-order valence-corrected chi connectivity index (χ2v) is 7.14. The van der Waals surface area contributed by atoms with Crippen LogP contribution in [-0.2, 0) is 0 Å². The Bertz CT molecular complexity index is 621. The summed E-state index contributed by atoms with van der Waals surface area (Å²) in [5, 5.41) is 6.16. The molecule has 2 fully saturated rings. The molecule has 2 aromatic rings. The summed E-state index contributed by atoms with van der Waals surface area (Å²) in [4.78, 5) is 5.60. The third-order valence-electron chi connectivity index (χ3n) is 4.48. The second kappa shape index (κ2) is 5.95. The first-order chi connectivity index (χ1) is 10.4. The molecule has 2 aliphatic rings. The van der Waals surface area contributed by atoms with E-state index >= 15 is 0 Å². The Morgan fingerprint density at radius 3 is 3.10 bits per heavy atom. The van der Waals surface area contributed by atoms with Crippen molar-refractivity contribution in [1.82, 2.24) is 14.6 Å². The standard InChI is InChI=1S/C17H21N3S/c1-3-14-11-19-9-7-15(14)17(4-1)21-20-10-2-8-18-12-16(20)13-5-6-13/h1,3-4,7,9,11,13,16,18H,2,5-6,8,10,12H2. The van der Waals surface area contributed by atoms with Crippen LogP contribution in [0.15, 0.2) is 41.6 Å². The number of pyridine rings is 1. The molecule has 1 unspecified atom stereocenters. The molecule has 1 aliphatic heterocycles. The van der Waals surface area contributed by atoms with Crippen molar-refractivity contribution in [2.45, 2.75) is 30.2 Å². The number of aromatic nitrogens is 1. The van der Waals surface area contributed by atoms with Crippen LogP contribution in [0, 0.1) is 5.92 Å². The van der Waals surface area contributed by atoms with Gasteiger partial charge in [-0.3, -0.25) is 4.98 Å². The molecule has 0 spiro atoms. The zero-order chi connectivity index (χ0) is 14.1. The smallest absolute Gasteiger partial charge is 0.0358 e. The first-order valence-electron chi connectivity index (χ1n) is 7.90. The van der Waals surface area contributed by atoms with Gasteiger partial charge in [-0.15, -0.1) is 0 Å². The van der Waals surface area contributed by atoms with Gasteiger partial charge in [0.2, 0.25) is 0 Å². The highest BCUT2D eigenvalue weighted by molar-refractivity contribution is 7.97. The van der Waals surface area contributed by atoms with Crippen molar-refractivity contribution >= 4 is 22.7 Å². The van der Waals surface area contributed by atoms with Crippen molar-refractivity contribution < 1.29 is 0 Å². The van der Waals surface area contributed by atoms with Gasteiger partial charge in [0.1, 0.15) is 0 Å². The predicted molar refractivity (Wildman–Crippen MR) is 88.3 cm³/mol. The van der Waals surface area contributed by atoms with Gasteiger partial charge in [0.25, 0.3) is 0 Å². The zero-order valence-corrected chi connectivity index (χ0v) is 13.0. The number of rotatable bonds is 3. The summed E-state index contributed by atoms with van der Waals surface area (Å²) in [6.45, 7) is 3.48. The molecule has 0 bridgehead atoms. The van der Waals surface area contributed by atoms with E-state index in [1.165, 1.54) is 41.5 Å². The number of nitrogens with one attached hydrogen (secondary N) is 1. The maximum atomic E-state index is 4.24. The Kier molecular flexibility index (Phi) is 3.84. The van der Waals surface area contributed by atoms with E-state index in [2.05, 4.69) is 38.9 Å². The summed E-state index contributed by atoms with van der Waals surface area (Å²) in [6, 6.07) is 9.37. The van der Waals surface area contributed by atoms with Gasteiger partial charge >= 0.3 is 0 Å². The molecule has 1 saturated carbocycles. The van der Waals surface area contributed by atoms with Gasteiger partial charge in [-0.1, -0.05) is 12.1 Å². The molecule has 1 aromatic heterocycles. The Morgan fingerprint density at radius 1 is 1.24 bits per heavy atom. The van der Waals surface area contributed by atoms with Crippen molar-refractivity contribution in [3.8, 4) is 0 Å². The molecule has 0 radical (unpaired) electrons. The Morgan fingerprint density at radius 2 is 2.19 bits per heavy atom. The zero-order valence-electron chi connectivity index (χ0n) is 12.2. The molecule has 21 heavy (non-hydrogen) atoms. The third-order valence-corrected chi connectivity index (χ3v) is 5.72. The van der Waals surface area contributed by atoms with E-state index in [0.29, 0.717) is 6.04 Å². The maximum absolute atomic E-state index is 4.24. The van der Waals surface area contributed by atoms with Crippen LogP contribution in [0.2, 0.25) is 0 Å². The van der Waals surface area contributed by atoms with E-state index in [-0.39, 0.29) is 0 Å². The fraction of sp³-hybridized carbons (Fsp3) is 0.471. The fourth-order valence-corrected chi connectivity index (χ4v) is 4.45. The third kappa shape index (κ3) is 2.93. The summed E-state index contributed by atoms with van der Waals surface area (Å²) in [5.74, 6) is 0.903. The molecule has 3 nitrogen and oxygen atoms in total. The van der Waals surface area contributed by atoms with Gasteiger partial charge in [0.05, 0.1) is 0 Å². The van der Waals surface area contributed by atoms with Crippen molar-refractivity contribution in [1.29, 1.82) is 0 Å². The topological polar surface area (TPSA) is 28.2 Å². The molecule has 4 heteroatoms. The van der Waals surface area contributed by atoms with E-state index in [0.717, 1.165) is 19.0 Å². The van der Waals surface area contributed by atoms with Crippen molar-refractivity contribution in [2.75, 3.05) is 19.6 Å². The molecule has 1 saturated heterocycles. The molecule has 2 heterocycles. The number of hydrogen-bond donors (Lipinski definition) is 1. The molecular formula is C17H21N3S. The Balaban J connectivity index is 1.62. The Labute approximate surface area is 130 Å². The fourth-order valence-electron chi connectivity index (χ4n) is 3.17. The highest BCUT2D eigenvalue weighted by Gasteiger charge is 2.36. The van der Waals surface area contributed by atoms with E-state index < -0.39 is 0 Å². The molecular weight excluding hydrogens is 278 g/mol. The lowest BCUT2D eigenvalue weighted by atomic mass is 10.2. The van der Waals surface area contributed by atoms with Gasteiger partial charge in [-0.05, 0) is 61.2 Å². The van der Waals surface area contributed by atoms with Crippen molar-refractivity contribution in [2.24, 2.45) is 5.92 Å². The maximum Gasteiger partial charge on any atom is 0.0358 e. The SMILES string of the molecule is c1cc(SN2CCCNCC2C2CC2)c2ccncc2c1. The van der Waals surface area contributed by atoms with Crippen LogP contribution in [-0.4, -0.2) is 35.0 Å². The van der Waals surface area contributed by atoms with Crippen LogP contribution in [0.1, 0.15) is 19.3 Å². The lowest BCUT2D eigenvalue weighted by molar-refractivity contribution is 0.335.